The minimum atomic E-state index is -0.999. The maximum atomic E-state index is 10.9. The van der Waals surface area contributed by atoms with Gasteiger partial charge in [-0.3, -0.25) is 0 Å². The molecule has 0 saturated heterocycles. The smallest absolute Gasteiger partial charge is 0.115 e. The summed E-state index contributed by atoms with van der Waals surface area (Å²) >= 11 is 18.4. The van der Waals surface area contributed by atoms with Crippen LogP contribution in [0.5, 0.6) is 0 Å². The van der Waals surface area contributed by atoms with Crippen LogP contribution >= 0.6 is 34.8 Å². The molecule has 1 heterocycles. The van der Waals surface area contributed by atoms with Crippen LogP contribution in [0.15, 0.2) is 12.4 Å². The zero-order valence-electron chi connectivity index (χ0n) is 10.8. The van der Waals surface area contributed by atoms with E-state index in [0.717, 1.165) is 12.8 Å². The highest BCUT2D eigenvalue weighted by Crippen LogP contribution is 2.53. The standard InChI is InChI=1S/C12H18Cl3N3O/c1-10(13,14)3-2-4-12(19,11(15)5-6-11)9-18-8-7-16-17-18/h7-8,19H,2-6,9H2,1H3. The van der Waals surface area contributed by atoms with Crippen molar-refractivity contribution >= 4 is 34.8 Å². The van der Waals surface area contributed by atoms with Gasteiger partial charge in [0.05, 0.1) is 17.6 Å². The van der Waals surface area contributed by atoms with Crippen molar-refractivity contribution < 1.29 is 5.11 Å². The number of hydrogen-bond donors (Lipinski definition) is 1. The molecule has 1 atom stereocenters. The summed E-state index contributed by atoms with van der Waals surface area (Å²) in [6, 6.07) is 0. The SMILES string of the molecule is CC(Cl)(Cl)CCCC(O)(Cn1ccnn1)C1(Cl)CC1. The third-order valence-corrected chi connectivity index (χ3v) is 4.73. The lowest BCUT2D eigenvalue weighted by atomic mass is 9.90. The van der Waals surface area contributed by atoms with Gasteiger partial charge in [0, 0.05) is 6.20 Å². The Kier molecular flexibility index (Phi) is 4.36. The van der Waals surface area contributed by atoms with Gasteiger partial charge in [-0.15, -0.1) is 39.9 Å². The molecule has 1 N–H and O–H groups in total. The van der Waals surface area contributed by atoms with Crippen LogP contribution in [0.4, 0.5) is 0 Å². The van der Waals surface area contributed by atoms with E-state index in [4.69, 9.17) is 34.8 Å². The van der Waals surface area contributed by atoms with E-state index < -0.39 is 14.8 Å². The van der Waals surface area contributed by atoms with Crippen LogP contribution in [0, 0.1) is 0 Å². The van der Waals surface area contributed by atoms with Gasteiger partial charge >= 0.3 is 0 Å². The van der Waals surface area contributed by atoms with Crippen molar-refractivity contribution in [3.63, 3.8) is 0 Å². The van der Waals surface area contributed by atoms with Crippen LogP contribution in [-0.2, 0) is 6.54 Å². The lowest BCUT2D eigenvalue weighted by molar-refractivity contribution is -0.00334. The quantitative estimate of drug-likeness (QED) is 0.783. The highest BCUT2D eigenvalue weighted by Gasteiger charge is 2.57. The maximum absolute atomic E-state index is 10.9. The fraction of sp³-hybridized carbons (Fsp3) is 0.833. The Bertz CT molecular complexity index is 414. The highest BCUT2D eigenvalue weighted by atomic mass is 35.5. The average Bonchev–Trinajstić information content (AvgIpc) is 2.85. The number of aliphatic hydroxyl groups is 1. The van der Waals surface area contributed by atoms with E-state index >= 15 is 0 Å². The van der Waals surface area contributed by atoms with Gasteiger partial charge in [0.2, 0.25) is 0 Å². The summed E-state index contributed by atoms with van der Waals surface area (Å²) in [6.45, 7) is 2.10. The number of aromatic nitrogens is 3. The Labute approximate surface area is 128 Å². The molecule has 1 saturated carbocycles. The van der Waals surface area contributed by atoms with Crippen LogP contribution < -0.4 is 0 Å². The van der Waals surface area contributed by atoms with E-state index in [1.165, 1.54) is 0 Å². The molecule has 0 bridgehead atoms. The van der Waals surface area contributed by atoms with Crippen molar-refractivity contribution in [2.45, 2.75) is 60.4 Å². The number of halogens is 3. The Balaban J connectivity index is 1.99. The average molecular weight is 327 g/mol. The molecule has 1 aliphatic rings. The zero-order chi connectivity index (χ0) is 14.1. The van der Waals surface area contributed by atoms with Crippen molar-refractivity contribution in [2.75, 3.05) is 0 Å². The monoisotopic (exact) mass is 325 g/mol. The first-order chi connectivity index (χ1) is 8.74. The van der Waals surface area contributed by atoms with Crippen molar-refractivity contribution in [1.29, 1.82) is 0 Å². The zero-order valence-corrected chi connectivity index (χ0v) is 13.1. The molecule has 0 aromatic carbocycles. The first-order valence-electron chi connectivity index (χ1n) is 6.37. The van der Waals surface area contributed by atoms with Gasteiger partial charge in [-0.2, -0.15) is 0 Å². The minimum Gasteiger partial charge on any atom is -0.386 e. The summed E-state index contributed by atoms with van der Waals surface area (Å²) in [5.41, 5.74) is -0.999. The van der Waals surface area contributed by atoms with Crippen molar-refractivity contribution in [1.82, 2.24) is 15.0 Å². The third kappa shape index (κ3) is 3.97. The Morgan fingerprint density at radius 3 is 2.53 bits per heavy atom. The van der Waals surface area contributed by atoms with Crippen LogP contribution in [0.2, 0.25) is 0 Å². The molecule has 1 aromatic rings. The molecule has 1 fully saturated rings. The maximum Gasteiger partial charge on any atom is 0.115 e. The van der Waals surface area contributed by atoms with Gasteiger partial charge in [-0.1, -0.05) is 5.21 Å². The van der Waals surface area contributed by atoms with Crippen LogP contribution in [0.25, 0.3) is 0 Å². The normalized spacial score (nSPS) is 21.1. The predicted octanol–water partition coefficient (Wildman–Crippen LogP) is 3.14. The largest absolute Gasteiger partial charge is 0.386 e. The molecule has 7 heteroatoms. The van der Waals surface area contributed by atoms with Crippen LogP contribution in [0.1, 0.15) is 39.0 Å². The van der Waals surface area contributed by atoms with Crippen molar-refractivity contribution in [3.8, 4) is 0 Å². The van der Waals surface area contributed by atoms with E-state index in [2.05, 4.69) is 10.3 Å². The molecule has 4 nitrogen and oxygen atoms in total. The minimum absolute atomic E-state index is 0.345. The predicted molar refractivity (Wildman–Crippen MR) is 76.8 cm³/mol. The van der Waals surface area contributed by atoms with Crippen LogP contribution in [0.3, 0.4) is 0 Å². The summed E-state index contributed by atoms with van der Waals surface area (Å²) in [5, 5.41) is 18.5. The van der Waals surface area contributed by atoms with E-state index in [0.29, 0.717) is 25.8 Å². The Morgan fingerprint density at radius 2 is 2.05 bits per heavy atom. The second kappa shape index (κ2) is 5.40. The van der Waals surface area contributed by atoms with E-state index in [-0.39, 0.29) is 0 Å². The van der Waals surface area contributed by atoms with Crippen molar-refractivity contribution in [3.05, 3.63) is 12.4 Å². The van der Waals surface area contributed by atoms with Gasteiger partial charge in [-0.05, 0) is 39.0 Å². The molecule has 19 heavy (non-hydrogen) atoms. The van der Waals surface area contributed by atoms with E-state index in [1.54, 1.807) is 24.0 Å². The second-order valence-corrected chi connectivity index (χ2v) is 8.11. The molecule has 1 aromatic heterocycles. The number of alkyl halides is 3. The molecule has 0 aliphatic heterocycles. The number of rotatable bonds is 7. The van der Waals surface area contributed by atoms with Gasteiger partial charge in [0.1, 0.15) is 9.93 Å². The van der Waals surface area contributed by atoms with Gasteiger partial charge in [-0.25, -0.2) is 4.68 Å². The lowest BCUT2D eigenvalue weighted by Gasteiger charge is -2.33. The van der Waals surface area contributed by atoms with Gasteiger partial charge in [0.25, 0.3) is 0 Å². The molecular formula is C12H18Cl3N3O. The summed E-state index contributed by atoms with van der Waals surface area (Å²) in [5.74, 6) is 0. The first kappa shape index (κ1) is 15.4. The molecule has 108 valence electrons. The van der Waals surface area contributed by atoms with E-state index in [9.17, 15) is 5.11 Å². The number of nitrogens with zero attached hydrogens (tertiary/aromatic N) is 3. The molecule has 1 unspecified atom stereocenters. The van der Waals surface area contributed by atoms with Gasteiger partial charge < -0.3 is 5.11 Å². The molecule has 0 spiro atoms. The Hall–Kier alpha value is -0.0300. The second-order valence-electron chi connectivity index (χ2n) is 5.52. The summed E-state index contributed by atoms with van der Waals surface area (Å²) < 4.78 is 0.847. The van der Waals surface area contributed by atoms with Crippen LogP contribution in [-0.4, -0.2) is 34.9 Å². The molecule has 2 rings (SSSR count). The first-order valence-corrected chi connectivity index (χ1v) is 7.51. The summed E-state index contributed by atoms with van der Waals surface area (Å²) in [6.07, 6.45) is 6.82. The summed E-state index contributed by atoms with van der Waals surface area (Å²) in [4.78, 5) is -0.548. The lowest BCUT2D eigenvalue weighted by Crippen LogP contribution is -2.45. The molecule has 1 aliphatic carbocycles. The molecule has 0 amide bonds. The fourth-order valence-corrected chi connectivity index (χ4v) is 2.81. The Morgan fingerprint density at radius 1 is 1.37 bits per heavy atom. The topological polar surface area (TPSA) is 50.9 Å². The number of hydrogen-bond acceptors (Lipinski definition) is 3. The summed E-state index contributed by atoms with van der Waals surface area (Å²) in [7, 11) is 0. The molecule has 0 radical (unpaired) electrons. The fourth-order valence-electron chi connectivity index (χ4n) is 2.30. The highest BCUT2D eigenvalue weighted by molar-refractivity contribution is 6.48. The van der Waals surface area contributed by atoms with Crippen molar-refractivity contribution in [2.24, 2.45) is 0 Å². The van der Waals surface area contributed by atoms with Gasteiger partial charge in [0.15, 0.2) is 0 Å². The third-order valence-electron chi connectivity index (χ3n) is 3.62. The molecular weight excluding hydrogens is 309 g/mol. The van der Waals surface area contributed by atoms with E-state index in [1.807, 2.05) is 0 Å².